The van der Waals surface area contributed by atoms with E-state index in [1.807, 2.05) is 0 Å². The molecule has 0 aromatic heterocycles. The number of amides is 1. The standard InChI is InChI=1S/C16H12Cl2N2O3/c17-12-4-2-1-3-11(12)16(21)20-19-9-10-7-13(18)15-14(8-10)22-5-6-23-15/h1-4,7-9H,5-6H2,(H,20,21)/b19-9-. The highest BCUT2D eigenvalue weighted by Gasteiger charge is 2.16. The number of carbonyl (C=O) groups excluding carboxylic acids is 1. The Morgan fingerprint density at radius 3 is 2.74 bits per heavy atom. The predicted octanol–water partition coefficient (Wildman–Crippen LogP) is 3.53. The molecule has 118 valence electrons. The molecule has 1 amide bonds. The first kappa shape index (κ1) is 15.6. The van der Waals surface area contributed by atoms with Crippen molar-refractivity contribution in [2.45, 2.75) is 0 Å². The summed E-state index contributed by atoms with van der Waals surface area (Å²) in [4.78, 5) is 12.0. The minimum absolute atomic E-state index is 0.353. The zero-order valence-electron chi connectivity index (χ0n) is 11.9. The number of hydrazone groups is 1. The monoisotopic (exact) mass is 350 g/mol. The molecule has 5 nitrogen and oxygen atoms in total. The molecule has 2 aromatic rings. The van der Waals surface area contributed by atoms with Crippen LogP contribution in [0.25, 0.3) is 0 Å². The Morgan fingerprint density at radius 1 is 1.13 bits per heavy atom. The van der Waals surface area contributed by atoms with E-state index < -0.39 is 5.91 Å². The van der Waals surface area contributed by atoms with Crippen LogP contribution in [0.5, 0.6) is 11.5 Å². The van der Waals surface area contributed by atoms with Gasteiger partial charge in [0, 0.05) is 0 Å². The number of hydrogen-bond acceptors (Lipinski definition) is 4. The summed E-state index contributed by atoms with van der Waals surface area (Å²) in [7, 11) is 0. The number of benzene rings is 2. The van der Waals surface area contributed by atoms with Crippen LogP contribution in [0.1, 0.15) is 15.9 Å². The average Bonchev–Trinajstić information content (AvgIpc) is 2.55. The quantitative estimate of drug-likeness (QED) is 0.680. The van der Waals surface area contributed by atoms with Gasteiger partial charge in [-0.2, -0.15) is 5.10 Å². The van der Waals surface area contributed by atoms with Crippen molar-refractivity contribution in [3.63, 3.8) is 0 Å². The lowest BCUT2D eigenvalue weighted by atomic mass is 10.2. The molecule has 1 heterocycles. The zero-order chi connectivity index (χ0) is 16.2. The second kappa shape index (κ2) is 6.89. The average molecular weight is 351 g/mol. The van der Waals surface area contributed by atoms with Crippen molar-refractivity contribution in [3.05, 3.63) is 57.6 Å². The van der Waals surface area contributed by atoms with Gasteiger partial charge in [0.1, 0.15) is 13.2 Å². The zero-order valence-corrected chi connectivity index (χ0v) is 13.4. The van der Waals surface area contributed by atoms with E-state index in [0.717, 1.165) is 0 Å². The van der Waals surface area contributed by atoms with Crippen molar-refractivity contribution < 1.29 is 14.3 Å². The maximum Gasteiger partial charge on any atom is 0.272 e. The smallest absolute Gasteiger partial charge is 0.272 e. The first-order valence-electron chi connectivity index (χ1n) is 6.82. The summed E-state index contributed by atoms with van der Waals surface area (Å²) in [6.07, 6.45) is 1.47. The molecule has 0 spiro atoms. The molecule has 1 aliphatic rings. The fraction of sp³-hybridized carbons (Fsp3) is 0.125. The van der Waals surface area contributed by atoms with E-state index in [1.165, 1.54) is 6.21 Å². The van der Waals surface area contributed by atoms with Crippen LogP contribution < -0.4 is 14.9 Å². The Labute approximate surface area is 142 Å². The molecule has 3 rings (SSSR count). The molecule has 0 unspecified atom stereocenters. The predicted molar refractivity (Wildman–Crippen MR) is 89.0 cm³/mol. The Morgan fingerprint density at radius 2 is 1.91 bits per heavy atom. The molecular weight excluding hydrogens is 339 g/mol. The van der Waals surface area contributed by atoms with Gasteiger partial charge in [0.05, 0.1) is 21.8 Å². The Balaban J connectivity index is 1.72. The fourth-order valence-electron chi connectivity index (χ4n) is 2.08. The number of hydrogen-bond donors (Lipinski definition) is 1. The first-order valence-corrected chi connectivity index (χ1v) is 7.58. The second-order valence-corrected chi connectivity index (χ2v) is 5.52. The van der Waals surface area contributed by atoms with E-state index in [0.29, 0.717) is 45.9 Å². The van der Waals surface area contributed by atoms with Gasteiger partial charge in [-0.3, -0.25) is 4.79 Å². The van der Waals surface area contributed by atoms with Crippen molar-refractivity contribution in [1.29, 1.82) is 0 Å². The highest BCUT2D eigenvalue weighted by Crippen LogP contribution is 2.37. The third-order valence-corrected chi connectivity index (χ3v) is 3.73. The molecule has 0 bridgehead atoms. The minimum atomic E-state index is -0.393. The van der Waals surface area contributed by atoms with Crippen LogP contribution in [0.2, 0.25) is 10.0 Å². The van der Waals surface area contributed by atoms with Crippen LogP contribution in [0.3, 0.4) is 0 Å². The normalized spacial score (nSPS) is 13.1. The van der Waals surface area contributed by atoms with Gasteiger partial charge in [0.15, 0.2) is 11.5 Å². The lowest BCUT2D eigenvalue weighted by molar-refractivity contribution is 0.0955. The maximum absolute atomic E-state index is 12.0. The van der Waals surface area contributed by atoms with Crippen LogP contribution >= 0.6 is 23.2 Å². The summed E-state index contributed by atoms with van der Waals surface area (Å²) in [6, 6.07) is 10.2. The van der Waals surface area contributed by atoms with E-state index in [1.54, 1.807) is 36.4 Å². The first-order chi connectivity index (χ1) is 11.1. The summed E-state index contributed by atoms with van der Waals surface area (Å²) in [6.45, 7) is 0.932. The van der Waals surface area contributed by atoms with Crippen molar-refractivity contribution in [3.8, 4) is 11.5 Å². The van der Waals surface area contributed by atoms with Gasteiger partial charge >= 0.3 is 0 Å². The molecule has 0 fully saturated rings. The number of fused-ring (bicyclic) bond motifs is 1. The van der Waals surface area contributed by atoms with Crippen LogP contribution in [0.4, 0.5) is 0 Å². The Hall–Kier alpha value is -2.24. The summed E-state index contributed by atoms with van der Waals surface area (Å²) in [5.74, 6) is 0.688. The van der Waals surface area contributed by atoms with Gasteiger partial charge in [0.25, 0.3) is 5.91 Å². The van der Waals surface area contributed by atoms with E-state index in [2.05, 4.69) is 10.5 Å². The molecule has 0 saturated heterocycles. The summed E-state index contributed by atoms with van der Waals surface area (Å²) in [5.41, 5.74) is 3.45. The third kappa shape index (κ3) is 3.57. The van der Waals surface area contributed by atoms with Gasteiger partial charge in [-0.25, -0.2) is 5.43 Å². The SMILES string of the molecule is O=C(N/N=C\c1cc(Cl)c2c(c1)OCCO2)c1ccccc1Cl. The maximum atomic E-state index is 12.0. The Kier molecular flexibility index (Phi) is 4.69. The number of nitrogens with zero attached hydrogens (tertiary/aromatic N) is 1. The van der Waals surface area contributed by atoms with E-state index in [4.69, 9.17) is 32.7 Å². The van der Waals surface area contributed by atoms with Crippen molar-refractivity contribution in [2.75, 3.05) is 13.2 Å². The third-order valence-electron chi connectivity index (χ3n) is 3.12. The van der Waals surface area contributed by atoms with Crippen molar-refractivity contribution >= 4 is 35.3 Å². The molecule has 1 aliphatic heterocycles. The molecule has 0 radical (unpaired) electrons. The lowest BCUT2D eigenvalue weighted by Gasteiger charge is -2.19. The number of rotatable bonds is 3. The van der Waals surface area contributed by atoms with Gasteiger partial charge in [0.2, 0.25) is 0 Å². The number of ether oxygens (including phenoxy) is 2. The van der Waals surface area contributed by atoms with Gasteiger partial charge in [-0.15, -0.1) is 0 Å². The Bertz CT molecular complexity index is 778. The molecule has 0 aliphatic carbocycles. The van der Waals surface area contributed by atoms with Crippen LogP contribution in [-0.2, 0) is 0 Å². The summed E-state index contributed by atoms with van der Waals surface area (Å²) < 4.78 is 10.9. The van der Waals surface area contributed by atoms with Gasteiger partial charge in [-0.05, 0) is 29.8 Å². The lowest BCUT2D eigenvalue weighted by Crippen LogP contribution is -2.18. The van der Waals surface area contributed by atoms with E-state index in [9.17, 15) is 4.79 Å². The summed E-state index contributed by atoms with van der Waals surface area (Å²) in [5, 5.41) is 4.71. The molecule has 0 atom stereocenters. The molecule has 2 aromatic carbocycles. The fourth-order valence-corrected chi connectivity index (χ4v) is 2.57. The van der Waals surface area contributed by atoms with Crippen molar-refractivity contribution in [1.82, 2.24) is 5.43 Å². The molecule has 1 N–H and O–H groups in total. The largest absolute Gasteiger partial charge is 0.486 e. The highest BCUT2D eigenvalue weighted by atomic mass is 35.5. The molecular formula is C16H12Cl2N2O3. The topological polar surface area (TPSA) is 59.9 Å². The summed E-state index contributed by atoms with van der Waals surface area (Å²) >= 11 is 12.1. The minimum Gasteiger partial charge on any atom is -0.486 e. The van der Waals surface area contributed by atoms with Gasteiger partial charge < -0.3 is 9.47 Å². The molecule has 0 saturated carbocycles. The molecule has 7 heteroatoms. The van der Waals surface area contributed by atoms with E-state index in [-0.39, 0.29) is 0 Å². The van der Waals surface area contributed by atoms with Crippen molar-refractivity contribution in [2.24, 2.45) is 5.10 Å². The molecule has 23 heavy (non-hydrogen) atoms. The number of halogens is 2. The van der Waals surface area contributed by atoms with Crippen LogP contribution in [0, 0.1) is 0 Å². The number of carbonyl (C=O) groups is 1. The van der Waals surface area contributed by atoms with Crippen LogP contribution in [0.15, 0.2) is 41.5 Å². The second-order valence-electron chi connectivity index (χ2n) is 4.71. The number of nitrogens with one attached hydrogen (secondary N) is 1. The highest BCUT2D eigenvalue weighted by molar-refractivity contribution is 6.34. The van der Waals surface area contributed by atoms with Gasteiger partial charge in [-0.1, -0.05) is 35.3 Å². The van der Waals surface area contributed by atoms with E-state index >= 15 is 0 Å². The van der Waals surface area contributed by atoms with Crippen LogP contribution in [-0.4, -0.2) is 25.3 Å².